The lowest BCUT2D eigenvalue weighted by molar-refractivity contribution is -0.131. The second-order valence-electron chi connectivity index (χ2n) is 5.72. The van der Waals surface area contributed by atoms with E-state index in [0.717, 1.165) is 12.0 Å². The van der Waals surface area contributed by atoms with E-state index in [1.165, 1.54) is 0 Å². The summed E-state index contributed by atoms with van der Waals surface area (Å²) in [5.41, 5.74) is 1.02. The first kappa shape index (κ1) is 16.3. The van der Waals surface area contributed by atoms with Gasteiger partial charge in [0.15, 0.2) is 0 Å². The van der Waals surface area contributed by atoms with Crippen LogP contribution < -0.4 is 5.32 Å². The van der Waals surface area contributed by atoms with Crippen LogP contribution in [0.5, 0.6) is 0 Å². The number of nitrogens with zero attached hydrogens (tertiary/aromatic N) is 1. The third kappa shape index (κ3) is 3.76. The number of nitrogens with one attached hydrogen (secondary N) is 1. The first-order valence-electron chi connectivity index (χ1n) is 7.35. The maximum atomic E-state index is 12.6. The number of carbonyl (C=O) groups is 1. The molecular weight excluding hydrogens is 288 g/mol. The van der Waals surface area contributed by atoms with Crippen molar-refractivity contribution in [3.05, 3.63) is 34.9 Å². The minimum Gasteiger partial charge on any atom is -0.385 e. The van der Waals surface area contributed by atoms with E-state index >= 15 is 0 Å². The lowest BCUT2D eigenvalue weighted by Crippen LogP contribution is -2.35. The second-order valence-corrected chi connectivity index (χ2v) is 6.16. The summed E-state index contributed by atoms with van der Waals surface area (Å²) in [4.78, 5) is 14.5. The van der Waals surface area contributed by atoms with Gasteiger partial charge in [0.05, 0.1) is 6.04 Å². The lowest BCUT2D eigenvalue weighted by Gasteiger charge is -2.24. The molecule has 0 aromatic heterocycles. The maximum absolute atomic E-state index is 12.6. The summed E-state index contributed by atoms with van der Waals surface area (Å²) < 4.78 is 5.09. The predicted molar refractivity (Wildman–Crippen MR) is 84.2 cm³/mol. The SMILES string of the molecule is COCCCN1C(=O)C(C(C)C)NC1c1cccc(Cl)c1. The van der Waals surface area contributed by atoms with Crippen molar-refractivity contribution in [3.63, 3.8) is 0 Å². The Kier molecular flexibility index (Phi) is 5.62. The Morgan fingerprint density at radius 2 is 2.19 bits per heavy atom. The van der Waals surface area contributed by atoms with E-state index in [1.807, 2.05) is 29.2 Å². The van der Waals surface area contributed by atoms with Crippen molar-refractivity contribution in [1.82, 2.24) is 10.2 Å². The monoisotopic (exact) mass is 310 g/mol. The fourth-order valence-electron chi connectivity index (χ4n) is 2.69. The van der Waals surface area contributed by atoms with E-state index in [1.54, 1.807) is 7.11 Å². The highest BCUT2D eigenvalue weighted by Gasteiger charge is 2.40. The second kappa shape index (κ2) is 7.25. The van der Waals surface area contributed by atoms with Crippen molar-refractivity contribution in [2.45, 2.75) is 32.5 Å². The molecule has 1 aliphatic heterocycles. The van der Waals surface area contributed by atoms with Crippen LogP contribution in [-0.4, -0.2) is 37.1 Å². The van der Waals surface area contributed by atoms with Gasteiger partial charge in [-0.1, -0.05) is 37.6 Å². The Labute approximate surface area is 131 Å². The molecular formula is C16H23ClN2O2. The van der Waals surface area contributed by atoms with Gasteiger partial charge in [0.1, 0.15) is 6.17 Å². The van der Waals surface area contributed by atoms with E-state index in [4.69, 9.17) is 16.3 Å². The summed E-state index contributed by atoms with van der Waals surface area (Å²) >= 11 is 6.08. The van der Waals surface area contributed by atoms with Crippen molar-refractivity contribution in [1.29, 1.82) is 0 Å². The molecule has 1 fully saturated rings. The molecule has 0 bridgehead atoms. The third-order valence-electron chi connectivity index (χ3n) is 3.78. The normalized spacial score (nSPS) is 22.3. The van der Waals surface area contributed by atoms with E-state index in [-0.39, 0.29) is 24.0 Å². The molecule has 21 heavy (non-hydrogen) atoms. The Balaban J connectivity index is 2.21. The summed E-state index contributed by atoms with van der Waals surface area (Å²) in [6.07, 6.45) is 0.715. The molecule has 0 saturated carbocycles. The number of benzene rings is 1. The Morgan fingerprint density at radius 3 is 2.81 bits per heavy atom. The summed E-state index contributed by atoms with van der Waals surface area (Å²) in [7, 11) is 1.68. The summed E-state index contributed by atoms with van der Waals surface area (Å²) in [5, 5.41) is 4.12. The van der Waals surface area contributed by atoms with Crippen molar-refractivity contribution in [2.24, 2.45) is 5.92 Å². The number of hydrogen-bond donors (Lipinski definition) is 1. The number of hydrogen-bond acceptors (Lipinski definition) is 3. The topological polar surface area (TPSA) is 41.6 Å². The van der Waals surface area contributed by atoms with Crippen LogP contribution in [0.3, 0.4) is 0 Å². The number of ether oxygens (including phenoxy) is 1. The number of methoxy groups -OCH3 is 1. The fraction of sp³-hybridized carbons (Fsp3) is 0.562. The molecule has 0 aliphatic carbocycles. The van der Waals surface area contributed by atoms with Crippen LogP contribution in [0.2, 0.25) is 5.02 Å². The molecule has 1 aromatic rings. The molecule has 1 N–H and O–H groups in total. The van der Waals surface area contributed by atoms with Gasteiger partial charge in [-0.25, -0.2) is 0 Å². The highest BCUT2D eigenvalue weighted by Crippen LogP contribution is 2.29. The third-order valence-corrected chi connectivity index (χ3v) is 4.01. The van der Waals surface area contributed by atoms with Gasteiger partial charge in [0.2, 0.25) is 5.91 Å². The average Bonchev–Trinajstić information content (AvgIpc) is 2.77. The standard InChI is InChI=1S/C16H23ClN2O2/c1-11(2)14-16(20)19(8-5-9-21-3)15(18-14)12-6-4-7-13(17)10-12/h4,6-7,10-11,14-15,18H,5,8-9H2,1-3H3. The molecule has 2 atom stereocenters. The van der Waals surface area contributed by atoms with Gasteiger partial charge in [-0.2, -0.15) is 0 Å². The molecule has 1 aliphatic rings. The van der Waals surface area contributed by atoms with Crippen LogP contribution in [0, 0.1) is 5.92 Å². The largest absolute Gasteiger partial charge is 0.385 e. The van der Waals surface area contributed by atoms with E-state index < -0.39 is 0 Å². The van der Waals surface area contributed by atoms with Gasteiger partial charge in [0.25, 0.3) is 0 Å². The van der Waals surface area contributed by atoms with Crippen LogP contribution in [0.1, 0.15) is 32.0 Å². The number of amides is 1. The van der Waals surface area contributed by atoms with Gasteiger partial charge in [-0.15, -0.1) is 0 Å². The van der Waals surface area contributed by atoms with Crippen molar-refractivity contribution in [2.75, 3.05) is 20.3 Å². The molecule has 1 aromatic carbocycles. The van der Waals surface area contributed by atoms with Crippen LogP contribution in [-0.2, 0) is 9.53 Å². The summed E-state index contributed by atoms with van der Waals surface area (Å²) in [6, 6.07) is 7.54. The zero-order chi connectivity index (χ0) is 15.4. The zero-order valence-corrected chi connectivity index (χ0v) is 13.6. The highest BCUT2D eigenvalue weighted by molar-refractivity contribution is 6.30. The molecule has 4 nitrogen and oxygen atoms in total. The Bertz CT molecular complexity index is 493. The molecule has 5 heteroatoms. The lowest BCUT2D eigenvalue weighted by atomic mass is 10.1. The fourth-order valence-corrected chi connectivity index (χ4v) is 2.88. The van der Waals surface area contributed by atoms with E-state index in [0.29, 0.717) is 18.2 Å². The van der Waals surface area contributed by atoms with Crippen molar-refractivity contribution >= 4 is 17.5 Å². The highest BCUT2D eigenvalue weighted by atomic mass is 35.5. The zero-order valence-electron chi connectivity index (χ0n) is 12.8. The van der Waals surface area contributed by atoms with E-state index in [2.05, 4.69) is 19.2 Å². The number of rotatable bonds is 6. The number of halogens is 1. The van der Waals surface area contributed by atoms with Gasteiger partial charge < -0.3 is 9.64 Å². The van der Waals surface area contributed by atoms with Crippen LogP contribution in [0.15, 0.2) is 24.3 Å². The Hall–Kier alpha value is -1.10. The molecule has 0 spiro atoms. The van der Waals surface area contributed by atoms with Crippen molar-refractivity contribution in [3.8, 4) is 0 Å². The van der Waals surface area contributed by atoms with Crippen LogP contribution in [0.25, 0.3) is 0 Å². The quantitative estimate of drug-likeness (QED) is 0.822. The first-order valence-corrected chi connectivity index (χ1v) is 7.73. The molecule has 2 unspecified atom stereocenters. The van der Waals surface area contributed by atoms with Gasteiger partial charge in [-0.05, 0) is 30.0 Å². The first-order chi connectivity index (χ1) is 10.0. The van der Waals surface area contributed by atoms with Gasteiger partial charge in [0, 0.05) is 25.3 Å². The maximum Gasteiger partial charge on any atom is 0.241 e. The van der Waals surface area contributed by atoms with Crippen molar-refractivity contribution < 1.29 is 9.53 Å². The van der Waals surface area contributed by atoms with E-state index in [9.17, 15) is 4.79 Å². The van der Waals surface area contributed by atoms with Gasteiger partial charge >= 0.3 is 0 Å². The molecule has 2 rings (SSSR count). The molecule has 116 valence electrons. The minimum absolute atomic E-state index is 0.111. The number of carbonyl (C=O) groups excluding carboxylic acids is 1. The average molecular weight is 311 g/mol. The summed E-state index contributed by atoms with van der Waals surface area (Å²) in [6.45, 7) is 5.45. The van der Waals surface area contributed by atoms with Crippen LogP contribution >= 0.6 is 11.6 Å². The summed E-state index contributed by atoms with van der Waals surface area (Å²) in [5.74, 6) is 0.415. The molecule has 1 heterocycles. The smallest absolute Gasteiger partial charge is 0.241 e. The molecule has 1 saturated heterocycles. The van der Waals surface area contributed by atoms with Gasteiger partial charge in [-0.3, -0.25) is 10.1 Å². The molecule has 1 amide bonds. The van der Waals surface area contributed by atoms with Crippen LogP contribution in [0.4, 0.5) is 0 Å². The minimum atomic E-state index is -0.142. The predicted octanol–water partition coefficient (Wildman–Crippen LogP) is 2.83. The Morgan fingerprint density at radius 1 is 1.43 bits per heavy atom. The molecule has 0 radical (unpaired) electrons.